The third-order valence-corrected chi connectivity index (χ3v) is 8.71. The first kappa shape index (κ1) is 28.9. The monoisotopic (exact) mass is 602 g/mol. The molecular formula is C32H32ClFN6O3. The van der Waals surface area contributed by atoms with Gasteiger partial charge in [-0.3, -0.25) is 4.79 Å². The Kier molecular flexibility index (Phi) is 8.19. The molecule has 3 aliphatic heterocycles. The van der Waals surface area contributed by atoms with Crippen molar-refractivity contribution in [3.63, 3.8) is 0 Å². The maximum absolute atomic E-state index is 13.8. The van der Waals surface area contributed by atoms with Crippen LogP contribution in [-0.4, -0.2) is 84.1 Å². The maximum Gasteiger partial charge on any atom is 0.321 e. The summed E-state index contributed by atoms with van der Waals surface area (Å²) in [5, 5.41) is 2.53. The van der Waals surface area contributed by atoms with Crippen molar-refractivity contribution in [1.82, 2.24) is 19.8 Å². The molecule has 2 saturated heterocycles. The Morgan fingerprint density at radius 3 is 2.77 bits per heavy atom. The van der Waals surface area contributed by atoms with Gasteiger partial charge in [0.05, 0.1) is 5.56 Å². The van der Waals surface area contributed by atoms with Gasteiger partial charge in [0.25, 0.3) is 5.91 Å². The average Bonchev–Trinajstić information content (AvgIpc) is 3.43. The SMILES string of the molecule is [C-]#[N+]C[C@H]1CN(c2nc(OC[C@@H]3CCCN3C)nc3c2CC=C(c2cccc4cccc(Cl)c24)O3)CCN1C(=O)C(=C)F. The number of likely N-dealkylation sites (N-methyl/N-ethyl adjacent to an activating group) is 1. The fourth-order valence-corrected chi connectivity index (χ4v) is 6.40. The van der Waals surface area contributed by atoms with Gasteiger partial charge in [-0.1, -0.05) is 48.5 Å². The number of fused-ring (bicyclic) bond motifs is 2. The van der Waals surface area contributed by atoms with E-state index in [2.05, 4.69) is 23.4 Å². The summed E-state index contributed by atoms with van der Waals surface area (Å²) >= 11 is 6.62. The number of carbonyl (C=O) groups excluding carboxylic acids is 1. The smallest absolute Gasteiger partial charge is 0.321 e. The molecule has 2 fully saturated rings. The highest BCUT2D eigenvalue weighted by Crippen LogP contribution is 2.39. The first-order valence-corrected chi connectivity index (χ1v) is 14.7. The molecule has 3 aromatic rings. The summed E-state index contributed by atoms with van der Waals surface area (Å²) in [6.45, 7) is 13.0. The molecule has 2 aromatic carbocycles. The molecule has 0 saturated carbocycles. The van der Waals surface area contributed by atoms with E-state index in [4.69, 9.17) is 37.6 Å². The molecule has 4 heterocycles. The number of nitrogens with zero attached hydrogens (tertiary/aromatic N) is 6. The summed E-state index contributed by atoms with van der Waals surface area (Å²) in [4.78, 5) is 31.2. The van der Waals surface area contributed by atoms with Crippen LogP contribution in [0.1, 0.15) is 24.0 Å². The van der Waals surface area contributed by atoms with Crippen LogP contribution in [0.15, 0.2) is 54.9 Å². The van der Waals surface area contributed by atoms with E-state index in [9.17, 15) is 9.18 Å². The number of aromatic nitrogens is 2. The lowest BCUT2D eigenvalue weighted by Crippen LogP contribution is -2.56. The van der Waals surface area contributed by atoms with Gasteiger partial charge in [-0.25, -0.2) is 11.0 Å². The topological polar surface area (TPSA) is 75.4 Å². The predicted molar refractivity (Wildman–Crippen MR) is 164 cm³/mol. The van der Waals surface area contributed by atoms with Crippen molar-refractivity contribution in [3.05, 3.63) is 82.4 Å². The van der Waals surface area contributed by atoms with Crippen molar-refractivity contribution in [1.29, 1.82) is 0 Å². The van der Waals surface area contributed by atoms with E-state index in [0.29, 0.717) is 48.6 Å². The highest BCUT2D eigenvalue weighted by atomic mass is 35.5. The molecule has 6 rings (SSSR count). The summed E-state index contributed by atoms with van der Waals surface area (Å²) in [7, 11) is 2.08. The van der Waals surface area contributed by atoms with E-state index >= 15 is 0 Å². The number of carbonyl (C=O) groups is 1. The third-order valence-electron chi connectivity index (χ3n) is 8.40. The van der Waals surface area contributed by atoms with Gasteiger partial charge in [0, 0.05) is 48.1 Å². The van der Waals surface area contributed by atoms with Gasteiger partial charge in [-0.2, -0.15) is 9.97 Å². The van der Waals surface area contributed by atoms with Crippen LogP contribution >= 0.6 is 11.6 Å². The molecular weight excluding hydrogens is 571 g/mol. The number of rotatable bonds is 7. The van der Waals surface area contributed by atoms with Crippen molar-refractivity contribution in [3.8, 4) is 11.9 Å². The number of hydrogen-bond donors (Lipinski definition) is 0. The van der Waals surface area contributed by atoms with E-state index in [-0.39, 0.29) is 25.1 Å². The lowest BCUT2D eigenvalue weighted by Gasteiger charge is -2.40. The van der Waals surface area contributed by atoms with E-state index in [1.165, 1.54) is 4.90 Å². The maximum atomic E-state index is 13.8. The molecule has 2 atom stereocenters. The van der Waals surface area contributed by atoms with Crippen molar-refractivity contribution < 1.29 is 18.7 Å². The highest BCUT2D eigenvalue weighted by Gasteiger charge is 2.36. The van der Waals surface area contributed by atoms with Gasteiger partial charge in [0.2, 0.25) is 12.4 Å². The fraction of sp³-hybridized carbons (Fsp3) is 0.375. The number of benzene rings is 2. The Morgan fingerprint density at radius 1 is 1.21 bits per heavy atom. The van der Waals surface area contributed by atoms with Crippen LogP contribution in [0.3, 0.4) is 0 Å². The molecule has 0 aliphatic carbocycles. The molecule has 0 unspecified atom stereocenters. The van der Waals surface area contributed by atoms with Gasteiger partial charge in [0.1, 0.15) is 24.2 Å². The van der Waals surface area contributed by atoms with Gasteiger partial charge >= 0.3 is 6.01 Å². The Bertz CT molecular complexity index is 1650. The summed E-state index contributed by atoms with van der Waals surface area (Å²) in [5.41, 5.74) is 1.64. The van der Waals surface area contributed by atoms with E-state index < -0.39 is 17.8 Å². The lowest BCUT2D eigenvalue weighted by atomic mass is 10.0. The van der Waals surface area contributed by atoms with Crippen LogP contribution in [0.25, 0.3) is 21.4 Å². The number of anilines is 1. The van der Waals surface area contributed by atoms with Crippen LogP contribution in [0.4, 0.5) is 10.2 Å². The minimum Gasteiger partial charge on any atom is -0.462 e. The fourth-order valence-electron chi connectivity index (χ4n) is 6.12. The first-order valence-electron chi connectivity index (χ1n) is 14.4. The predicted octanol–water partition coefficient (Wildman–Crippen LogP) is 5.15. The molecule has 43 heavy (non-hydrogen) atoms. The number of likely N-dealkylation sites (tertiary alicyclic amines) is 1. The normalized spacial score (nSPS) is 20.3. The molecule has 0 bridgehead atoms. The molecule has 0 spiro atoms. The van der Waals surface area contributed by atoms with Gasteiger partial charge in [0.15, 0.2) is 5.83 Å². The van der Waals surface area contributed by atoms with E-state index in [1.54, 1.807) is 0 Å². The first-order chi connectivity index (χ1) is 20.8. The number of piperazine rings is 1. The minimum absolute atomic E-state index is 0.0303. The van der Waals surface area contributed by atoms with Crippen LogP contribution in [0.2, 0.25) is 5.02 Å². The summed E-state index contributed by atoms with van der Waals surface area (Å²) in [6.07, 6.45) is 4.63. The summed E-state index contributed by atoms with van der Waals surface area (Å²) < 4.78 is 26.4. The van der Waals surface area contributed by atoms with E-state index in [1.807, 2.05) is 47.4 Å². The molecule has 9 nitrogen and oxygen atoms in total. The van der Waals surface area contributed by atoms with Crippen LogP contribution < -0.4 is 14.4 Å². The zero-order chi connectivity index (χ0) is 30.1. The second-order valence-electron chi connectivity index (χ2n) is 11.1. The standard InChI is InChI=1S/C32H32ClFN6O3/c1-20(34)31(41)40-16-15-39(18-23(40)17-35-2)29-25-12-13-27(24-10-4-7-21-8-5-11-26(33)28(21)24)43-30(25)37-32(36-29)42-19-22-9-6-14-38(22)3/h4-5,7-8,10-11,13,22-23H,1,6,9,12,14-19H2,3H3/t22-,23-/m0/s1. The Morgan fingerprint density at radius 2 is 2.02 bits per heavy atom. The van der Waals surface area contributed by atoms with Crippen LogP contribution in [0.5, 0.6) is 11.9 Å². The number of amides is 1. The molecule has 222 valence electrons. The summed E-state index contributed by atoms with van der Waals surface area (Å²) in [6, 6.07) is 11.7. The summed E-state index contributed by atoms with van der Waals surface area (Å²) in [5.74, 6) is -0.173. The van der Waals surface area contributed by atoms with Gasteiger partial charge in [-0.15, -0.1) is 0 Å². The highest BCUT2D eigenvalue weighted by molar-refractivity contribution is 6.36. The Labute approximate surface area is 255 Å². The molecule has 1 aromatic heterocycles. The number of ether oxygens (including phenoxy) is 2. The van der Waals surface area contributed by atoms with Crippen LogP contribution in [-0.2, 0) is 11.2 Å². The van der Waals surface area contributed by atoms with Crippen molar-refractivity contribution in [2.45, 2.75) is 31.3 Å². The van der Waals surface area contributed by atoms with Gasteiger partial charge < -0.3 is 29.0 Å². The Hall–Kier alpha value is -4.20. The lowest BCUT2D eigenvalue weighted by molar-refractivity contribution is -0.131. The van der Waals surface area contributed by atoms with Crippen molar-refractivity contribution in [2.24, 2.45) is 0 Å². The second-order valence-corrected chi connectivity index (χ2v) is 11.5. The average molecular weight is 603 g/mol. The Balaban J connectivity index is 1.35. The molecule has 0 radical (unpaired) electrons. The van der Waals surface area contributed by atoms with Crippen molar-refractivity contribution >= 4 is 39.9 Å². The zero-order valence-corrected chi connectivity index (χ0v) is 24.7. The third kappa shape index (κ3) is 5.75. The number of halogens is 2. The zero-order valence-electron chi connectivity index (χ0n) is 23.9. The quantitative estimate of drug-likeness (QED) is 0.273. The van der Waals surface area contributed by atoms with Crippen LogP contribution in [0, 0.1) is 6.57 Å². The van der Waals surface area contributed by atoms with E-state index in [0.717, 1.165) is 41.3 Å². The largest absolute Gasteiger partial charge is 0.462 e. The molecule has 0 N–H and O–H groups in total. The number of allylic oxidation sites excluding steroid dienone is 1. The molecule has 3 aliphatic rings. The van der Waals surface area contributed by atoms with Crippen molar-refractivity contribution in [2.75, 3.05) is 51.3 Å². The minimum atomic E-state index is -1.03. The molecule has 11 heteroatoms. The number of hydrogen-bond acceptors (Lipinski definition) is 7. The molecule has 1 amide bonds. The second kappa shape index (κ2) is 12.2. The van der Waals surface area contributed by atoms with Gasteiger partial charge in [-0.05, 0) is 44.0 Å².